The van der Waals surface area contributed by atoms with E-state index >= 15 is 0 Å². The lowest BCUT2D eigenvalue weighted by Crippen LogP contribution is -2.43. The van der Waals surface area contributed by atoms with Crippen molar-refractivity contribution < 1.29 is 28.0 Å². The molecule has 1 rings (SSSR count). The first-order chi connectivity index (χ1) is 21.1. The van der Waals surface area contributed by atoms with Gasteiger partial charge >= 0.3 is 12.2 Å². The topological polar surface area (TPSA) is 76.7 Å². The Balaban J connectivity index is 2.19. The Hall–Kier alpha value is -2.32. The van der Waals surface area contributed by atoms with Gasteiger partial charge in [0.25, 0.3) is 0 Å². The highest BCUT2D eigenvalue weighted by Gasteiger charge is 2.17. The summed E-state index contributed by atoms with van der Waals surface area (Å²) in [4.78, 5) is 24.6. The number of carbonyl (C=O) groups is 2. The van der Waals surface area contributed by atoms with Gasteiger partial charge in [0.1, 0.15) is 26.3 Å². The van der Waals surface area contributed by atoms with Gasteiger partial charge in [-0.15, -0.1) is 0 Å². The Morgan fingerprint density at radius 2 is 0.795 bits per heavy atom. The second-order valence-corrected chi connectivity index (χ2v) is 13.8. The van der Waals surface area contributed by atoms with Crippen LogP contribution in [0.25, 0.3) is 0 Å². The third-order valence-corrected chi connectivity index (χ3v) is 8.47. The Labute approximate surface area is 270 Å². The number of amides is 2. The summed E-state index contributed by atoms with van der Waals surface area (Å²) in [5, 5.41) is 5.52. The van der Waals surface area contributed by atoms with Crippen molar-refractivity contribution in [3.8, 4) is 0 Å². The Kier molecular flexibility index (Phi) is 21.6. The number of anilines is 2. The molecule has 0 spiro atoms. The summed E-state index contributed by atoms with van der Waals surface area (Å²) < 4.78 is 12.5. The maximum atomic E-state index is 12.3. The van der Waals surface area contributed by atoms with Gasteiger partial charge in [-0.25, -0.2) is 9.59 Å². The van der Waals surface area contributed by atoms with Crippen LogP contribution in [0, 0.1) is 0 Å². The van der Waals surface area contributed by atoms with Crippen LogP contribution >= 0.6 is 0 Å². The predicted molar refractivity (Wildman–Crippen MR) is 185 cm³/mol. The number of nitrogens with one attached hydrogen (secondary N) is 2. The SMILES string of the molecule is CCCCCCCCCC[N+](C)(C)CCOC(=O)Nc1ccc(NC(=O)OCC[N+](C)(C)CCCCCCCCCC)cc1. The molecule has 0 aliphatic heterocycles. The van der Waals surface area contributed by atoms with Crippen LogP contribution in [0.4, 0.5) is 21.0 Å². The fourth-order valence-corrected chi connectivity index (χ4v) is 5.29. The number of carbonyl (C=O) groups excluding carboxylic acids is 2. The molecule has 0 fully saturated rings. The highest BCUT2D eigenvalue weighted by Crippen LogP contribution is 2.15. The Morgan fingerprint density at radius 3 is 1.11 bits per heavy atom. The first-order valence-corrected chi connectivity index (χ1v) is 17.7. The number of quaternary nitrogens is 2. The molecule has 0 aliphatic rings. The zero-order chi connectivity index (χ0) is 32.5. The minimum Gasteiger partial charge on any atom is -0.443 e. The zero-order valence-corrected chi connectivity index (χ0v) is 29.4. The van der Waals surface area contributed by atoms with Gasteiger partial charge in [0.05, 0.1) is 41.3 Å². The number of rotatable bonds is 26. The van der Waals surface area contributed by atoms with Crippen LogP contribution in [-0.4, -0.2) is 88.7 Å². The third kappa shape index (κ3) is 22.2. The van der Waals surface area contributed by atoms with E-state index in [9.17, 15) is 9.59 Å². The van der Waals surface area contributed by atoms with Crippen LogP contribution in [0.3, 0.4) is 0 Å². The van der Waals surface area contributed by atoms with Gasteiger partial charge in [0, 0.05) is 11.4 Å². The molecule has 1 aromatic rings. The average Bonchev–Trinajstić information content (AvgIpc) is 2.96. The predicted octanol–water partition coefficient (Wildman–Crippen LogP) is 9.22. The van der Waals surface area contributed by atoms with Crippen molar-refractivity contribution in [1.29, 1.82) is 0 Å². The van der Waals surface area contributed by atoms with E-state index in [1.54, 1.807) is 24.3 Å². The van der Waals surface area contributed by atoms with Crippen LogP contribution in [-0.2, 0) is 9.47 Å². The molecule has 0 bridgehead atoms. The normalized spacial score (nSPS) is 11.8. The van der Waals surface area contributed by atoms with Crippen LogP contribution in [0.15, 0.2) is 24.3 Å². The van der Waals surface area contributed by atoms with E-state index in [2.05, 4.69) is 52.7 Å². The number of ether oxygens (including phenoxy) is 2. The number of hydrogen-bond donors (Lipinski definition) is 2. The van der Waals surface area contributed by atoms with Crippen molar-refractivity contribution in [2.75, 3.05) is 78.2 Å². The second kappa shape index (κ2) is 24.0. The smallest absolute Gasteiger partial charge is 0.411 e. The molecule has 0 saturated carbocycles. The number of unbranched alkanes of at least 4 members (excludes halogenated alkanes) is 14. The van der Waals surface area contributed by atoms with E-state index in [0.717, 1.165) is 35.1 Å². The summed E-state index contributed by atoms with van der Waals surface area (Å²) in [6, 6.07) is 6.96. The molecule has 0 aromatic heterocycles. The van der Waals surface area contributed by atoms with Crippen LogP contribution in [0.1, 0.15) is 117 Å². The van der Waals surface area contributed by atoms with E-state index in [4.69, 9.17) is 9.47 Å². The quantitative estimate of drug-likeness (QED) is 0.0800. The van der Waals surface area contributed by atoms with E-state index < -0.39 is 12.2 Å². The van der Waals surface area contributed by atoms with E-state index in [1.807, 2.05) is 0 Å². The lowest BCUT2D eigenvalue weighted by molar-refractivity contribution is -0.890. The number of benzene rings is 1. The van der Waals surface area contributed by atoms with Crippen molar-refractivity contribution in [3.05, 3.63) is 24.3 Å². The number of likely N-dealkylation sites (N-methyl/N-ethyl adjacent to an activating group) is 2. The van der Waals surface area contributed by atoms with Crippen molar-refractivity contribution in [3.63, 3.8) is 0 Å². The Morgan fingerprint density at radius 1 is 0.500 bits per heavy atom. The van der Waals surface area contributed by atoms with Crippen molar-refractivity contribution >= 4 is 23.6 Å². The summed E-state index contributed by atoms with van der Waals surface area (Å²) in [5.74, 6) is 0. The molecule has 0 aliphatic carbocycles. The first-order valence-electron chi connectivity index (χ1n) is 17.7. The molecule has 44 heavy (non-hydrogen) atoms. The molecule has 0 heterocycles. The number of nitrogens with zero attached hydrogens (tertiary/aromatic N) is 2. The molecule has 8 heteroatoms. The largest absolute Gasteiger partial charge is 0.443 e. The van der Waals surface area contributed by atoms with Gasteiger partial charge in [-0.05, 0) is 49.9 Å². The maximum absolute atomic E-state index is 12.3. The minimum atomic E-state index is -0.468. The molecule has 0 unspecified atom stereocenters. The van der Waals surface area contributed by atoms with Gasteiger partial charge in [-0.1, -0.05) is 90.9 Å². The number of hydrogen-bond acceptors (Lipinski definition) is 4. The maximum Gasteiger partial charge on any atom is 0.411 e. The summed E-state index contributed by atoms with van der Waals surface area (Å²) >= 11 is 0. The molecule has 254 valence electrons. The highest BCUT2D eigenvalue weighted by atomic mass is 16.6. The van der Waals surface area contributed by atoms with Crippen LogP contribution in [0.2, 0.25) is 0 Å². The first kappa shape index (κ1) is 39.7. The van der Waals surface area contributed by atoms with Gasteiger partial charge in [-0.3, -0.25) is 10.6 Å². The van der Waals surface area contributed by atoms with E-state index in [1.165, 1.54) is 103 Å². The summed E-state index contributed by atoms with van der Waals surface area (Å²) in [6.07, 6.45) is 20.1. The summed E-state index contributed by atoms with van der Waals surface area (Å²) in [5.41, 5.74) is 1.23. The second-order valence-electron chi connectivity index (χ2n) is 13.8. The third-order valence-electron chi connectivity index (χ3n) is 8.47. The van der Waals surface area contributed by atoms with E-state index in [-0.39, 0.29) is 0 Å². The monoisotopic (exact) mass is 621 g/mol. The fraction of sp³-hybridized carbons (Fsp3) is 0.778. The molecule has 0 radical (unpaired) electrons. The van der Waals surface area contributed by atoms with Gasteiger partial charge < -0.3 is 18.4 Å². The summed E-state index contributed by atoms with van der Waals surface area (Å²) in [7, 11) is 8.77. The van der Waals surface area contributed by atoms with Crippen molar-refractivity contribution in [2.45, 2.75) is 117 Å². The molecule has 2 N–H and O–H groups in total. The van der Waals surface area contributed by atoms with E-state index in [0.29, 0.717) is 24.6 Å². The van der Waals surface area contributed by atoms with Gasteiger partial charge in [0.15, 0.2) is 0 Å². The standard InChI is InChI=1S/C36H66N4O4/c1-7-9-11-13-15-17-19-21-27-39(3,4)29-31-43-35(41)37-33-23-25-34(26-24-33)38-36(42)44-32-30-40(5,6)28-22-20-18-16-14-12-10-8-2/h23-26H,7-22,27-32H2,1-6H3/p+2. The van der Waals surface area contributed by atoms with Crippen LogP contribution < -0.4 is 10.6 Å². The highest BCUT2D eigenvalue weighted by molar-refractivity contribution is 5.87. The van der Waals surface area contributed by atoms with Gasteiger partial charge in [0.2, 0.25) is 0 Å². The van der Waals surface area contributed by atoms with Crippen molar-refractivity contribution in [1.82, 2.24) is 0 Å². The molecular weight excluding hydrogens is 552 g/mol. The lowest BCUT2D eigenvalue weighted by atomic mass is 10.1. The van der Waals surface area contributed by atoms with Crippen molar-refractivity contribution in [2.24, 2.45) is 0 Å². The zero-order valence-electron chi connectivity index (χ0n) is 29.4. The molecule has 0 saturated heterocycles. The molecule has 2 amide bonds. The average molecular weight is 621 g/mol. The summed E-state index contributed by atoms with van der Waals surface area (Å²) in [6.45, 7) is 8.99. The molecule has 1 aromatic carbocycles. The fourth-order valence-electron chi connectivity index (χ4n) is 5.29. The molecule has 8 nitrogen and oxygen atoms in total. The Bertz CT molecular complexity index is 802. The minimum absolute atomic E-state index is 0.371. The van der Waals surface area contributed by atoms with Crippen LogP contribution in [0.5, 0.6) is 0 Å². The molecular formula is C36H68N4O4+2. The van der Waals surface area contributed by atoms with Gasteiger partial charge in [-0.2, -0.15) is 0 Å². The molecule has 0 atom stereocenters. The lowest BCUT2D eigenvalue weighted by Gasteiger charge is -2.29.